The highest BCUT2D eigenvalue weighted by molar-refractivity contribution is 6.39. The van der Waals surface area contributed by atoms with Crippen molar-refractivity contribution >= 4 is 34.8 Å². The van der Waals surface area contributed by atoms with Crippen LogP contribution in [-0.4, -0.2) is 69.2 Å². The second kappa shape index (κ2) is 13.7. The number of halogens is 2. The molecule has 5 aromatic rings. The summed E-state index contributed by atoms with van der Waals surface area (Å²) in [6.45, 7) is 3.59. The van der Waals surface area contributed by atoms with E-state index in [0.717, 1.165) is 65.7 Å². The molecule has 1 saturated carbocycles. The molecule has 12 heteroatoms. The lowest BCUT2D eigenvalue weighted by atomic mass is 9.62. The van der Waals surface area contributed by atoms with Gasteiger partial charge in [0.2, 0.25) is 11.8 Å². The number of aliphatic hydroxyl groups excluding tert-OH is 1. The van der Waals surface area contributed by atoms with Crippen molar-refractivity contribution in [3.05, 3.63) is 105 Å². The number of ether oxygens (including phenoxy) is 1. The number of fused-ring (bicyclic) bond motifs is 1. The Hall–Kier alpha value is -4.32. The van der Waals surface area contributed by atoms with Gasteiger partial charge in [0.15, 0.2) is 0 Å². The molecule has 51 heavy (non-hydrogen) atoms. The predicted octanol–water partition coefficient (Wildman–Crippen LogP) is 5.73. The first-order chi connectivity index (χ1) is 24.7. The van der Waals surface area contributed by atoms with Gasteiger partial charge in [-0.3, -0.25) is 18.9 Å². The predicted molar refractivity (Wildman–Crippen MR) is 198 cm³/mol. The highest BCUT2D eigenvalue weighted by Crippen LogP contribution is 2.48. The third-order valence-corrected chi connectivity index (χ3v) is 11.2. The monoisotopic (exact) mass is 724 g/mol. The van der Waals surface area contributed by atoms with Gasteiger partial charge in [-0.25, -0.2) is 9.97 Å². The molecule has 1 aliphatic carbocycles. The van der Waals surface area contributed by atoms with Gasteiger partial charge in [0.1, 0.15) is 5.65 Å². The van der Waals surface area contributed by atoms with Crippen LogP contribution in [0.3, 0.4) is 0 Å². The first-order valence-electron chi connectivity index (χ1n) is 17.2. The average Bonchev–Trinajstić information content (AvgIpc) is 3.52. The Labute approximate surface area is 305 Å². The van der Waals surface area contributed by atoms with Crippen LogP contribution in [-0.2, 0) is 17.9 Å². The van der Waals surface area contributed by atoms with Crippen LogP contribution in [0.15, 0.2) is 77.9 Å². The van der Waals surface area contributed by atoms with E-state index in [2.05, 4.69) is 20.5 Å². The number of methoxy groups -OCH3 is 1. The van der Waals surface area contributed by atoms with E-state index in [1.165, 1.54) is 0 Å². The normalized spacial score (nSPS) is 18.5. The number of carbonyl (C=O) groups is 1. The lowest BCUT2D eigenvalue weighted by Crippen LogP contribution is -2.63. The third kappa shape index (κ3) is 6.51. The number of nitrogens with one attached hydrogen (secondary N) is 2. The van der Waals surface area contributed by atoms with Crippen LogP contribution in [0.5, 0.6) is 5.88 Å². The summed E-state index contributed by atoms with van der Waals surface area (Å²) in [5.41, 5.74) is 6.79. The van der Waals surface area contributed by atoms with Gasteiger partial charge in [-0.05, 0) is 43.0 Å². The van der Waals surface area contributed by atoms with Crippen molar-refractivity contribution in [2.24, 2.45) is 5.41 Å². The lowest BCUT2D eigenvalue weighted by Gasteiger charge is -2.57. The Morgan fingerprint density at radius 2 is 1.71 bits per heavy atom. The average molecular weight is 726 g/mol. The van der Waals surface area contributed by atoms with Gasteiger partial charge in [-0.1, -0.05) is 65.7 Å². The van der Waals surface area contributed by atoms with Gasteiger partial charge >= 0.3 is 0 Å². The molecule has 1 spiro atoms. The number of rotatable bonds is 10. The molecule has 2 saturated heterocycles. The van der Waals surface area contributed by atoms with Crippen LogP contribution >= 0.6 is 23.2 Å². The number of carbonyl (C=O) groups excluding carboxylic acids is 1. The van der Waals surface area contributed by atoms with E-state index < -0.39 is 0 Å². The second-order valence-corrected chi connectivity index (χ2v) is 14.8. The van der Waals surface area contributed by atoms with Crippen LogP contribution < -0.4 is 20.9 Å². The van der Waals surface area contributed by atoms with Gasteiger partial charge in [-0.2, -0.15) is 0 Å². The summed E-state index contributed by atoms with van der Waals surface area (Å²) in [5.74, 6) is 0.593. The molecule has 3 aliphatic rings. The number of nitrogens with zero attached hydrogens (tertiary/aromatic N) is 4. The number of likely N-dealkylation sites (tertiary alicyclic amines) is 1. The Balaban J connectivity index is 1.02. The van der Waals surface area contributed by atoms with Crippen molar-refractivity contribution in [3.8, 4) is 39.4 Å². The smallest absolute Gasteiger partial charge is 0.262 e. The molecule has 0 bridgehead atoms. The Morgan fingerprint density at radius 3 is 2.41 bits per heavy atom. The number of pyridine rings is 2. The standard InChI is InChI=1S/C39H38Cl2N6O4/c1-51-37-24(17-42-19-26-9-11-34(49)44-26)8-10-32(45-37)31-7-3-6-30(36(31)41)29-5-2-4-28(35(29)40)23-12-13-47-33(14-23)43-18-25(38(47)50)20-46-21-39(22-46)15-27(48)16-39/h2-8,10,12-14,18,26-27,42,48H,9,11,15-17,19-22H2,1H3,(H,44,49)/t26-/m1/s1. The van der Waals surface area contributed by atoms with Crippen LogP contribution in [0.1, 0.15) is 36.8 Å². The van der Waals surface area contributed by atoms with E-state index in [4.69, 9.17) is 32.9 Å². The Morgan fingerprint density at radius 1 is 0.980 bits per heavy atom. The first kappa shape index (κ1) is 33.8. The van der Waals surface area contributed by atoms with E-state index in [0.29, 0.717) is 58.9 Å². The molecule has 10 nitrogen and oxygen atoms in total. The van der Waals surface area contributed by atoms with Crippen molar-refractivity contribution in [2.45, 2.75) is 50.9 Å². The zero-order valence-electron chi connectivity index (χ0n) is 28.2. The maximum Gasteiger partial charge on any atom is 0.262 e. The van der Waals surface area contributed by atoms with E-state index in [-0.39, 0.29) is 29.0 Å². The number of hydrogen-bond acceptors (Lipinski definition) is 8. The van der Waals surface area contributed by atoms with Gasteiger partial charge in [-0.15, -0.1) is 0 Å². The summed E-state index contributed by atoms with van der Waals surface area (Å²) in [7, 11) is 1.60. The third-order valence-electron chi connectivity index (χ3n) is 10.4. The zero-order chi connectivity index (χ0) is 35.3. The van der Waals surface area contributed by atoms with Crippen LogP contribution in [0.2, 0.25) is 10.0 Å². The van der Waals surface area contributed by atoms with Crippen LogP contribution in [0.4, 0.5) is 0 Å². The van der Waals surface area contributed by atoms with Gasteiger partial charge in [0.05, 0.1) is 34.5 Å². The maximum absolute atomic E-state index is 13.4. The molecule has 5 heterocycles. The van der Waals surface area contributed by atoms with Crippen molar-refractivity contribution < 1.29 is 14.6 Å². The summed E-state index contributed by atoms with van der Waals surface area (Å²) in [6, 6.07) is 19.4. The van der Waals surface area contributed by atoms with E-state index >= 15 is 0 Å². The molecule has 8 rings (SSSR count). The minimum atomic E-state index is -0.176. The number of amides is 1. The SMILES string of the molecule is COc1nc(-c2cccc(-c3cccc(-c4ccn5c(=O)c(CN6CC7(CC(O)C7)C6)cnc5c4)c3Cl)c2Cl)ccc1CNC[C@H]1CCC(=O)N1. The number of benzene rings is 2. The minimum absolute atomic E-state index is 0.0850. The summed E-state index contributed by atoms with van der Waals surface area (Å²) in [5, 5.41) is 17.1. The molecule has 2 aromatic carbocycles. The zero-order valence-corrected chi connectivity index (χ0v) is 29.7. The van der Waals surface area contributed by atoms with E-state index in [9.17, 15) is 14.7 Å². The highest BCUT2D eigenvalue weighted by atomic mass is 35.5. The van der Waals surface area contributed by atoms with Crippen molar-refractivity contribution in [2.75, 3.05) is 26.7 Å². The minimum Gasteiger partial charge on any atom is -0.481 e. The molecule has 1 amide bonds. The van der Waals surface area contributed by atoms with E-state index in [1.807, 2.05) is 60.7 Å². The molecule has 1 atom stereocenters. The quantitative estimate of drug-likeness (QED) is 0.167. The molecule has 262 valence electrons. The Bertz CT molecular complexity index is 2210. The van der Waals surface area contributed by atoms with Gasteiger partial charge in [0, 0.05) is 90.8 Å². The highest BCUT2D eigenvalue weighted by Gasteiger charge is 2.51. The van der Waals surface area contributed by atoms with Crippen molar-refractivity contribution in [1.29, 1.82) is 0 Å². The molecule has 3 aromatic heterocycles. The summed E-state index contributed by atoms with van der Waals surface area (Å²) < 4.78 is 7.23. The fourth-order valence-electron chi connectivity index (χ4n) is 7.89. The van der Waals surface area contributed by atoms with Crippen molar-refractivity contribution in [3.63, 3.8) is 0 Å². The van der Waals surface area contributed by atoms with Gasteiger partial charge in [0.25, 0.3) is 5.56 Å². The molecular formula is C39H38Cl2N6O4. The fourth-order valence-corrected chi connectivity index (χ4v) is 8.55. The topological polar surface area (TPSA) is 121 Å². The lowest BCUT2D eigenvalue weighted by molar-refractivity contribution is -0.131. The van der Waals surface area contributed by atoms with Crippen molar-refractivity contribution in [1.82, 2.24) is 29.9 Å². The maximum atomic E-state index is 13.4. The first-order valence-corrected chi connectivity index (χ1v) is 18.0. The Kier molecular flexibility index (Phi) is 9.06. The van der Waals surface area contributed by atoms with E-state index in [1.54, 1.807) is 23.9 Å². The molecule has 0 unspecified atom stereocenters. The molecule has 3 N–H and O–H groups in total. The molecule has 0 radical (unpaired) electrons. The van der Waals surface area contributed by atoms with Crippen LogP contribution in [0.25, 0.3) is 39.2 Å². The molecule has 3 fully saturated rings. The van der Waals surface area contributed by atoms with Gasteiger partial charge < -0.3 is 20.5 Å². The second-order valence-electron chi connectivity index (χ2n) is 14.1. The number of aliphatic hydroxyl groups is 1. The number of aromatic nitrogens is 3. The summed E-state index contributed by atoms with van der Waals surface area (Å²) in [4.78, 5) is 36.6. The summed E-state index contributed by atoms with van der Waals surface area (Å²) >= 11 is 14.2. The molecular weight excluding hydrogens is 687 g/mol. The summed E-state index contributed by atoms with van der Waals surface area (Å²) in [6.07, 6.45) is 6.36. The fraction of sp³-hybridized carbons (Fsp3) is 0.333. The van der Waals surface area contributed by atoms with Crippen LogP contribution in [0, 0.1) is 5.41 Å². The largest absolute Gasteiger partial charge is 0.481 e. The number of hydrogen-bond donors (Lipinski definition) is 3. The molecule has 2 aliphatic heterocycles.